The molecule has 1 N–H and O–H groups in total. The zero-order valence-electron chi connectivity index (χ0n) is 13.4. The summed E-state index contributed by atoms with van der Waals surface area (Å²) >= 11 is 0. The van der Waals surface area contributed by atoms with Crippen molar-refractivity contribution in [2.75, 3.05) is 33.9 Å². The second-order valence-electron chi connectivity index (χ2n) is 6.04. The number of amides is 1. The van der Waals surface area contributed by atoms with Gasteiger partial charge in [0.05, 0.1) is 14.2 Å². The first-order valence-corrected chi connectivity index (χ1v) is 7.15. The van der Waals surface area contributed by atoms with E-state index in [2.05, 4.69) is 19.2 Å². The molecule has 0 bridgehead atoms. The normalized spacial score (nSPS) is 17.5. The highest BCUT2D eigenvalue weighted by Gasteiger charge is 2.29. The molecule has 2 rings (SSSR count). The molecule has 1 saturated heterocycles. The van der Waals surface area contributed by atoms with Crippen molar-refractivity contribution >= 4 is 5.91 Å². The van der Waals surface area contributed by atoms with Gasteiger partial charge < -0.3 is 19.7 Å². The molecule has 5 nitrogen and oxygen atoms in total. The standard InChI is InChI=1S/C16H24N2O3/c1-11-13(20-4)8-12(9-14(11)21-5)15(19)18-7-6-17-16(2,3)10-18/h8-9,17H,6-7,10H2,1-5H3. The van der Waals surface area contributed by atoms with Gasteiger partial charge in [-0.1, -0.05) is 0 Å². The molecule has 1 aliphatic heterocycles. The van der Waals surface area contributed by atoms with Gasteiger partial charge in [0.25, 0.3) is 5.91 Å². The molecule has 1 amide bonds. The van der Waals surface area contributed by atoms with Gasteiger partial charge in [0.2, 0.25) is 0 Å². The summed E-state index contributed by atoms with van der Waals surface area (Å²) in [5, 5.41) is 3.41. The van der Waals surface area contributed by atoms with E-state index < -0.39 is 0 Å². The maximum absolute atomic E-state index is 12.7. The predicted molar refractivity (Wildman–Crippen MR) is 82.3 cm³/mol. The molecule has 1 heterocycles. The quantitative estimate of drug-likeness (QED) is 0.923. The van der Waals surface area contributed by atoms with Crippen LogP contribution >= 0.6 is 0 Å². The van der Waals surface area contributed by atoms with Gasteiger partial charge in [-0.3, -0.25) is 4.79 Å². The van der Waals surface area contributed by atoms with Gasteiger partial charge in [-0.25, -0.2) is 0 Å². The molecule has 0 aromatic heterocycles. The molecule has 0 radical (unpaired) electrons. The van der Waals surface area contributed by atoms with Crippen LogP contribution < -0.4 is 14.8 Å². The molecular weight excluding hydrogens is 268 g/mol. The van der Waals surface area contributed by atoms with E-state index in [0.29, 0.717) is 30.2 Å². The van der Waals surface area contributed by atoms with Gasteiger partial charge in [-0.05, 0) is 32.9 Å². The van der Waals surface area contributed by atoms with Crippen molar-refractivity contribution < 1.29 is 14.3 Å². The minimum atomic E-state index is -0.0627. The Bertz CT molecular complexity index is 515. The van der Waals surface area contributed by atoms with Crippen LogP contribution in [0.15, 0.2) is 12.1 Å². The summed E-state index contributed by atoms with van der Waals surface area (Å²) in [6.45, 7) is 8.31. The smallest absolute Gasteiger partial charge is 0.254 e. The number of piperazine rings is 1. The summed E-state index contributed by atoms with van der Waals surface area (Å²) in [4.78, 5) is 14.6. The van der Waals surface area contributed by atoms with Gasteiger partial charge in [0, 0.05) is 36.3 Å². The van der Waals surface area contributed by atoms with Crippen LogP contribution in [0.5, 0.6) is 11.5 Å². The number of ether oxygens (including phenoxy) is 2. The summed E-state index contributed by atoms with van der Waals surface area (Å²) in [6.07, 6.45) is 0. The fraction of sp³-hybridized carbons (Fsp3) is 0.562. The van der Waals surface area contributed by atoms with E-state index >= 15 is 0 Å². The number of carbonyl (C=O) groups excluding carboxylic acids is 1. The highest BCUT2D eigenvalue weighted by molar-refractivity contribution is 5.95. The SMILES string of the molecule is COc1cc(C(=O)N2CCNC(C)(C)C2)cc(OC)c1C. The topological polar surface area (TPSA) is 50.8 Å². The third kappa shape index (κ3) is 3.29. The van der Waals surface area contributed by atoms with E-state index in [-0.39, 0.29) is 11.4 Å². The number of nitrogens with zero attached hydrogens (tertiary/aromatic N) is 1. The van der Waals surface area contributed by atoms with Gasteiger partial charge >= 0.3 is 0 Å². The molecule has 0 spiro atoms. The summed E-state index contributed by atoms with van der Waals surface area (Å²) in [5.74, 6) is 1.36. The van der Waals surface area contributed by atoms with Crippen molar-refractivity contribution in [3.8, 4) is 11.5 Å². The molecule has 0 saturated carbocycles. The lowest BCUT2D eigenvalue weighted by molar-refractivity contribution is 0.0651. The summed E-state index contributed by atoms with van der Waals surface area (Å²) < 4.78 is 10.7. The molecule has 116 valence electrons. The molecule has 1 aromatic carbocycles. The average molecular weight is 292 g/mol. The Kier molecular flexibility index (Phi) is 4.42. The van der Waals surface area contributed by atoms with Crippen molar-refractivity contribution in [3.63, 3.8) is 0 Å². The lowest BCUT2D eigenvalue weighted by atomic mass is 10.0. The molecule has 1 fully saturated rings. The number of methoxy groups -OCH3 is 2. The maximum atomic E-state index is 12.7. The van der Waals surface area contributed by atoms with Crippen LogP contribution in [0.2, 0.25) is 0 Å². The Labute approximate surface area is 126 Å². The highest BCUT2D eigenvalue weighted by atomic mass is 16.5. The Hall–Kier alpha value is -1.75. The van der Waals surface area contributed by atoms with Gasteiger partial charge in [-0.2, -0.15) is 0 Å². The zero-order valence-corrected chi connectivity index (χ0v) is 13.4. The van der Waals surface area contributed by atoms with Crippen LogP contribution in [0.4, 0.5) is 0 Å². The lowest BCUT2D eigenvalue weighted by Crippen LogP contribution is -2.58. The number of hydrogen-bond donors (Lipinski definition) is 1. The summed E-state index contributed by atoms with van der Waals surface area (Å²) in [7, 11) is 3.20. The molecular formula is C16H24N2O3. The van der Waals surface area contributed by atoms with Gasteiger partial charge in [0.15, 0.2) is 0 Å². The molecule has 1 aliphatic rings. The zero-order chi connectivity index (χ0) is 15.6. The van der Waals surface area contributed by atoms with E-state index in [1.165, 1.54) is 0 Å². The van der Waals surface area contributed by atoms with E-state index in [1.807, 2.05) is 11.8 Å². The lowest BCUT2D eigenvalue weighted by Gasteiger charge is -2.39. The van der Waals surface area contributed by atoms with E-state index in [1.54, 1.807) is 26.4 Å². The van der Waals surface area contributed by atoms with E-state index in [0.717, 1.165) is 12.1 Å². The maximum Gasteiger partial charge on any atom is 0.254 e. The number of hydrogen-bond acceptors (Lipinski definition) is 4. The van der Waals surface area contributed by atoms with Crippen LogP contribution in [0, 0.1) is 6.92 Å². The number of benzene rings is 1. The minimum Gasteiger partial charge on any atom is -0.496 e. The van der Waals surface area contributed by atoms with E-state index in [4.69, 9.17) is 9.47 Å². The summed E-state index contributed by atoms with van der Waals surface area (Å²) in [6, 6.07) is 3.57. The Balaban J connectivity index is 2.30. The number of nitrogens with one attached hydrogen (secondary N) is 1. The van der Waals surface area contributed by atoms with E-state index in [9.17, 15) is 4.79 Å². The average Bonchev–Trinajstić information content (AvgIpc) is 2.45. The molecule has 0 aliphatic carbocycles. The highest BCUT2D eigenvalue weighted by Crippen LogP contribution is 2.30. The monoisotopic (exact) mass is 292 g/mol. The second kappa shape index (κ2) is 5.93. The van der Waals surface area contributed by atoms with Crippen molar-refractivity contribution in [1.29, 1.82) is 0 Å². The predicted octanol–water partition coefficient (Wildman–Crippen LogP) is 1.84. The molecule has 0 atom stereocenters. The number of rotatable bonds is 3. The third-order valence-electron chi connectivity index (χ3n) is 3.86. The van der Waals surface area contributed by atoms with Crippen LogP contribution in [-0.4, -0.2) is 50.2 Å². The van der Waals surface area contributed by atoms with Crippen LogP contribution in [0.3, 0.4) is 0 Å². The number of carbonyl (C=O) groups is 1. The fourth-order valence-electron chi connectivity index (χ4n) is 2.71. The van der Waals surface area contributed by atoms with Crippen LogP contribution in [0.25, 0.3) is 0 Å². The Morgan fingerprint density at radius 2 is 1.81 bits per heavy atom. The third-order valence-corrected chi connectivity index (χ3v) is 3.86. The second-order valence-corrected chi connectivity index (χ2v) is 6.04. The molecule has 1 aromatic rings. The van der Waals surface area contributed by atoms with Gasteiger partial charge in [-0.15, -0.1) is 0 Å². The first-order chi connectivity index (χ1) is 9.88. The fourth-order valence-corrected chi connectivity index (χ4v) is 2.71. The van der Waals surface area contributed by atoms with Crippen molar-refractivity contribution in [2.24, 2.45) is 0 Å². The molecule has 5 heteroatoms. The van der Waals surface area contributed by atoms with Crippen LogP contribution in [0.1, 0.15) is 29.8 Å². The van der Waals surface area contributed by atoms with Crippen molar-refractivity contribution in [1.82, 2.24) is 10.2 Å². The molecule has 0 unspecified atom stereocenters. The first kappa shape index (κ1) is 15.6. The Morgan fingerprint density at radius 3 is 2.29 bits per heavy atom. The van der Waals surface area contributed by atoms with Gasteiger partial charge in [0.1, 0.15) is 11.5 Å². The Morgan fingerprint density at radius 1 is 1.24 bits per heavy atom. The minimum absolute atomic E-state index is 0.0150. The summed E-state index contributed by atoms with van der Waals surface area (Å²) in [5.41, 5.74) is 1.44. The van der Waals surface area contributed by atoms with Crippen molar-refractivity contribution in [3.05, 3.63) is 23.3 Å². The van der Waals surface area contributed by atoms with Crippen molar-refractivity contribution in [2.45, 2.75) is 26.3 Å². The largest absolute Gasteiger partial charge is 0.496 e. The van der Waals surface area contributed by atoms with Crippen LogP contribution in [-0.2, 0) is 0 Å². The first-order valence-electron chi connectivity index (χ1n) is 7.15. The molecule has 21 heavy (non-hydrogen) atoms.